The molecule has 2 saturated carbocycles. The monoisotopic (exact) mass is 480 g/mol. The van der Waals surface area contributed by atoms with Crippen LogP contribution in [0.2, 0.25) is 0 Å². The second kappa shape index (κ2) is 11.0. The molecule has 0 unspecified atom stereocenters. The Kier molecular flexibility index (Phi) is 7.59. The molecule has 4 aliphatic rings. The van der Waals surface area contributed by atoms with Gasteiger partial charge in [0.2, 0.25) is 11.8 Å². The fourth-order valence-corrected chi connectivity index (χ4v) is 6.63. The predicted octanol–water partition coefficient (Wildman–Crippen LogP) is 3.61. The van der Waals surface area contributed by atoms with Crippen molar-refractivity contribution in [2.24, 2.45) is 11.8 Å². The largest absolute Gasteiger partial charge is 0.356 e. The van der Waals surface area contributed by atoms with Gasteiger partial charge in [0, 0.05) is 44.2 Å². The van der Waals surface area contributed by atoms with Gasteiger partial charge in [-0.2, -0.15) is 0 Å². The lowest BCUT2D eigenvalue weighted by Gasteiger charge is -2.35. The molecule has 35 heavy (non-hydrogen) atoms. The summed E-state index contributed by atoms with van der Waals surface area (Å²) in [7, 11) is 0. The van der Waals surface area contributed by atoms with E-state index in [2.05, 4.69) is 28.8 Å². The van der Waals surface area contributed by atoms with E-state index in [9.17, 15) is 14.4 Å². The molecule has 2 aliphatic heterocycles. The van der Waals surface area contributed by atoms with E-state index in [-0.39, 0.29) is 41.8 Å². The number of hydrogen-bond donors (Lipinski definition) is 2. The molecule has 2 aliphatic carbocycles. The molecule has 4 amide bonds. The lowest BCUT2D eigenvalue weighted by atomic mass is 9.95. The zero-order valence-corrected chi connectivity index (χ0v) is 20.8. The summed E-state index contributed by atoms with van der Waals surface area (Å²) >= 11 is 0. The van der Waals surface area contributed by atoms with Crippen LogP contribution < -0.4 is 10.6 Å². The van der Waals surface area contributed by atoms with Gasteiger partial charge in [0.05, 0.1) is 5.92 Å². The van der Waals surface area contributed by atoms with Crippen LogP contribution in [0.5, 0.6) is 0 Å². The minimum absolute atomic E-state index is 0.00616. The van der Waals surface area contributed by atoms with Crippen molar-refractivity contribution < 1.29 is 14.4 Å². The standard InChI is InChI=1S/C28H40N4O3/c33-26-24-17-22(27(34)31-16-13-20-9-5-6-10-21(20)19-31)18-25(24)32(15-8-2-7-14-29-26)28(35)30-23-11-3-1-4-12-23/h5-6,9-10,22-25H,1-4,7-8,11-19H2,(H,29,33)(H,30,35)/t22-,24-,25+/m0/s1. The zero-order chi connectivity index (χ0) is 24.2. The van der Waals surface area contributed by atoms with Crippen molar-refractivity contribution in [3.8, 4) is 0 Å². The third kappa shape index (κ3) is 5.49. The summed E-state index contributed by atoms with van der Waals surface area (Å²) in [6.45, 7) is 2.70. The van der Waals surface area contributed by atoms with Gasteiger partial charge in [-0.15, -0.1) is 0 Å². The molecular weight excluding hydrogens is 440 g/mol. The number of carbonyl (C=O) groups excluding carboxylic acids is 3. The lowest BCUT2D eigenvalue weighted by molar-refractivity contribution is -0.136. The molecule has 7 nitrogen and oxygen atoms in total. The van der Waals surface area contributed by atoms with E-state index in [1.807, 2.05) is 15.9 Å². The number of fused-ring (bicyclic) bond motifs is 2. The third-order valence-corrected chi connectivity index (χ3v) is 8.63. The van der Waals surface area contributed by atoms with Gasteiger partial charge >= 0.3 is 6.03 Å². The third-order valence-electron chi connectivity index (χ3n) is 8.63. The number of amides is 4. The maximum atomic E-state index is 13.6. The number of hydrogen-bond acceptors (Lipinski definition) is 3. The second-order valence-corrected chi connectivity index (χ2v) is 11.0. The van der Waals surface area contributed by atoms with Gasteiger partial charge in [0.1, 0.15) is 0 Å². The Bertz CT molecular complexity index is 929. The van der Waals surface area contributed by atoms with E-state index in [1.165, 1.54) is 17.5 Å². The topological polar surface area (TPSA) is 81.8 Å². The number of carbonyl (C=O) groups is 3. The summed E-state index contributed by atoms with van der Waals surface area (Å²) in [5.74, 6) is -0.392. The highest BCUT2D eigenvalue weighted by atomic mass is 16.2. The molecule has 2 heterocycles. The molecule has 1 aromatic rings. The maximum Gasteiger partial charge on any atom is 0.317 e. The molecule has 0 radical (unpaired) electrons. The second-order valence-electron chi connectivity index (χ2n) is 11.0. The van der Waals surface area contributed by atoms with Gasteiger partial charge < -0.3 is 20.4 Å². The van der Waals surface area contributed by atoms with Crippen molar-refractivity contribution in [3.05, 3.63) is 35.4 Å². The molecule has 1 saturated heterocycles. The predicted molar refractivity (Wildman–Crippen MR) is 135 cm³/mol. The van der Waals surface area contributed by atoms with Crippen LogP contribution >= 0.6 is 0 Å². The van der Waals surface area contributed by atoms with Crippen LogP contribution in [0.4, 0.5) is 4.79 Å². The first-order valence-corrected chi connectivity index (χ1v) is 13.8. The van der Waals surface area contributed by atoms with Crippen molar-refractivity contribution >= 4 is 17.8 Å². The quantitative estimate of drug-likeness (QED) is 0.679. The Hall–Kier alpha value is -2.57. The highest BCUT2D eigenvalue weighted by Crippen LogP contribution is 2.38. The molecule has 190 valence electrons. The average molecular weight is 481 g/mol. The van der Waals surface area contributed by atoms with E-state index in [0.717, 1.165) is 57.9 Å². The smallest absolute Gasteiger partial charge is 0.317 e. The molecule has 1 aromatic carbocycles. The molecule has 0 bridgehead atoms. The lowest BCUT2D eigenvalue weighted by Crippen LogP contribution is -2.53. The van der Waals surface area contributed by atoms with Gasteiger partial charge in [-0.05, 0) is 62.5 Å². The van der Waals surface area contributed by atoms with Gasteiger partial charge in [-0.25, -0.2) is 4.79 Å². The first-order valence-electron chi connectivity index (χ1n) is 13.8. The highest BCUT2D eigenvalue weighted by molar-refractivity contribution is 5.85. The van der Waals surface area contributed by atoms with Crippen LogP contribution in [0.15, 0.2) is 24.3 Å². The Morgan fingerprint density at radius 3 is 2.51 bits per heavy atom. The molecular formula is C28H40N4O3. The van der Waals surface area contributed by atoms with Crippen LogP contribution in [-0.4, -0.2) is 59.4 Å². The highest BCUT2D eigenvalue weighted by Gasteiger charge is 2.47. The molecule has 3 fully saturated rings. The maximum absolute atomic E-state index is 13.6. The van der Waals surface area contributed by atoms with E-state index in [1.54, 1.807) is 0 Å². The van der Waals surface area contributed by atoms with Crippen molar-refractivity contribution in [1.82, 2.24) is 20.4 Å². The Labute approximate surface area is 209 Å². The minimum atomic E-state index is -0.323. The van der Waals surface area contributed by atoms with Crippen molar-refractivity contribution in [2.75, 3.05) is 19.6 Å². The Morgan fingerprint density at radius 2 is 1.69 bits per heavy atom. The molecule has 7 heteroatoms. The number of rotatable bonds is 2. The van der Waals surface area contributed by atoms with Gasteiger partial charge in [0.25, 0.3) is 0 Å². The summed E-state index contributed by atoms with van der Waals surface area (Å²) in [5, 5.41) is 6.37. The number of benzene rings is 1. The first kappa shape index (κ1) is 24.1. The van der Waals surface area contributed by atoms with Crippen molar-refractivity contribution in [2.45, 2.75) is 89.3 Å². The summed E-state index contributed by atoms with van der Waals surface area (Å²) in [5.41, 5.74) is 2.54. The Balaban J connectivity index is 1.32. The average Bonchev–Trinajstić information content (AvgIpc) is 3.33. The normalized spacial score (nSPS) is 28.0. The van der Waals surface area contributed by atoms with E-state index >= 15 is 0 Å². The summed E-state index contributed by atoms with van der Waals surface area (Å²) < 4.78 is 0. The Morgan fingerprint density at radius 1 is 0.914 bits per heavy atom. The van der Waals surface area contributed by atoms with E-state index < -0.39 is 0 Å². The van der Waals surface area contributed by atoms with Gasteiger partial charge in [-0.1, -0.05) is 43.5 Å². The van der Waals surface area contributed by atoms with Crippen LogP contribution in [0.1, 0.15) is 75.3 Å². The fraction of sp³-hybridized carbons (Fsp3) is 0.679. The first-order chi connectivity index (χ1) is 17.1. The molecule has 5 rings (SSSR count). The number of urea groups is 1. The van der Waals surface area contributed by atoms with Crippen molar-refractivity contribution in [1.29, 1.82) is 0 Å². The fourth-order valence-electron chi connectivity index (χ4n) is 6.63. The summed E-state index contributed by atoms with van der Waals surface area (Å²) in [6.07, 6.45) is 10.5. The van der Waals surface area contributed by atoms with E-state index in [0.29, 0.717) is 32.5 Å². The molecule has 2 N–H and O–H groups in total. The van der Waals surface area contributed by atoms with Gasteiger partial charge in [-0.3, -0.25) is 9.59 Å². The van der Waals surface area contributed by atoms with E-state index in [4.69, 9.17) is 0 Å². The summed E-state index contributed by atoms with van der Waals surface area (Å²) in [4.78, 5) is 44.2. The molecule has 0 spiro atoms. The number of nitrogens with zero attached hydrogens (tertiary/aromatic N) is 2. The number of nitrogens with one attached hydrogen (secondary N) is 2. The van der Waals surface area contributed by atoms with Crippen LogP contribution in [0.3, 0.4) is 0 Å². The van der Waals surface area contributed by atoms with Crippen molar-refractivity contribution in [3.63, 3.8) is 0 Å². The molecule has 3 atom stereocenters. The van der Waals surface area contributed by atoms with Crippen LogP contribution in [0, 0.1) is 11.8 Å². The summed E-state index contributed by atoms with van der Waals surface area (Å²) in [6, 6.07) is 8.31. The van der Waals surface area contributed by atoms with Crippen LogP contribution in [0.25, 0.3) is 0 Å². The van der Waals surface area contributed by atoms with Gasteiger partial charge in [0.15, 0.2) is 0 Å². The zero-order valence-electron chi connectivity index (χ0n) is 20.8. The molecule has 0 aromatic heterocycles. The SMILES string of the molecule is O=C1NCCCCCN(C(=O)NC2CCCCC2)[C@@H]2C[C@@H](C(=O)N3CCc4ccccc4C3)C[C@H]12. The minimum Gasteiger partial charge on any atom is -0.356 e. The van der Waals surface area contributed by atoms with Crippen LogP contribution in [-0.2, 0) is 22.6 Å².